The maximum Gasteiger partial charge on any atom is 0.407 e. The molecule has 0 saturated heterocycles. The lowest BCUT2D eigenvalue weighted by Gasteiger charge is -2.22. The van der Waals surface area contributed by atoms with Gasteiger partial charge in [-0.3, -0.25) is 0 Å². The SMILES string of the molecule is CCCCCCNCC(F)(F)CNC(=O)OC(C)(C)C. The van der Waals surface area contributed by atoms with E-state index in [1.165, 1.54) is 0 Å². The number of hydrogen-bond acceptors (Lipinski definition) is 3. The molecular formula is C14H28F2N2O2. The zero-order chi connectivity index (χ0) is 15.6. The molecule has 0 aliphatic rings. The average Bonchev–Trinajstić information content (AvgIpc) is 2.29. The summed E-state index contributed by atoms with van der Waals surface area (Å²) in [6.45, 7) is 6.57. The zero-order valence-electron chi connectivity index (χ0n) is 13.0. The van der Waals surface area contributed by atoms with Gasteiger partial charge in [0.2, 0.25) is 0 Å². The maximum absolute atomic E-state index is 13.5. The molecule has 0 fully saturated rings. The topological polar surface area (TPSA) is 50.4 Å². The van der Waals surface area contributed by atoms with Crippen LogP contribution in [0, 0.1) is 0 Å². The maximum atomic E-state index is 13.5. The number of carbonyl (C=O) groups excluding carboxylic acids is 1. The summed E-state index contributed by atoms with van der Waals surface area (Å²) in [5.74, 6) is -2.97. The van der Waals surface area contributed by atoms with Gasteiger partial charge in [-0.25, -0.2) is 13.6 Å². The summed E-state index contributed by atoms with van der Waals surface area (Å²) in [6.07, 6.45) is 3.36. The molecule has 2 N–H and O–H groups in total. The number of carbonyl (C=O) groups is 1. The number of unbranched alkanes of at least 4 members (excludes halogenated alkanes) is 3. The third-order valence-corrected chi connectivity index (χ3v) is 2.48. The number of alkyl halides is 2. The zero-order valence-corrected chi connectivity index (χ0v) is 13.0. The smallest absolute Gasteiger partial charge is 0.407 e. The molecule has 4 nitrogen and oxygen atoms in total. The van der Waals surface area contributed by atoms with Crippen LogP contribution < -0.4 is 10.6 Å². The summed E-state index contributed by atoms with van der Waals surface area (Å²) < 4.78 is 31.8. The van der Waals surface area contributed by atoms with Crippen molar-refractivity contribution in [3.05, 3.63) is 0 Å². The van der Waals surface area contributed by atoms with Crippen LogP contribution in [0.25, 0.3) is 0 Å². The van der Waals surface area contributed by atoms with Crippen LogP contribution in [-0.4, -0.2) is 37.3 Å². The van der Waals surface area contributed by atoms with Crippen LogP contribution in [-0.2, 0) is 4.74 Å². The average molecular weight is 294 g/mol. The molecule has 0 radical (unpaired) electrons. The van der Waals surface area contributed by atoms with E-state index in [1.807, 2.05) is 0 Å². The predicted octanol–water partition coefficient (Wildman–Crippen LogP) is 3.32. The Morgan fingerprint density at radius 2 is 1.75 bits per heavy atom. The van der Waals surface area contributed by atoms with Crippen LogP contribution in [0.5, 0.6) is 0 Å². The number of halogens is 2. The highest BCUT2D eigenvalue weighted by Crippen LogP contribution is 2.11. The molecule has 20 heavy (non-hydrogen) atoms. The molecule has 0 rings (SSSR count). The molecule has 0 aromatic carbocycles. The first-order valence-electron chi connectivity index (χ1n) is 7.22. The fourth-order valence-corrected chi connectivity index (χ4v) is 1.53. The Bertz CT molecular complexity index is 279. The second-order valence-corrected chi connectivity index (χ2v) is 5.95. The van der Waals surface area contributed by atoms with Gasteiger partial charge in [0.05, 0.1) is 13.1 Å². The normalized spacial score (nSPS) is 12.3. The Morgan fingerprint density at radius 3 is 2.30 bits per heavy atom. The van der Waals surface area contributed by atoms with Gasteiger partial charge in [-0.15, -0.1) is 0 Å². The van der Waals surface area contributed by atoms with Gasteiger partial charge >= 0.3 is 6.09 Å². The van der Waals surface area contributed by atoms with Crippen molar-refractivity contribution in [3.8, 4) is 0 Å². The Kier molecular flexibility index (Phi) is 8.69. The monoisotopic (exact) mass is 294 g/mol. The van der Waals surface area contributed by atoms with Gasteiger partial charge in [0.15, 0.2) is 0 Å². The summed E-state index contributed by atoms with van der Waals surface area (Å²) >= 11 is 0. The first kappa shape index (κ1) is 19.1. The van der Waals surface area contributed by atoms with Crippen molar-refractivity contribution < 1.29 is 18.3 Å². The standard InChI is InChI=1S/C14H28F2N2O2/c1-5-6-7-8-9-17-10-14(15,16)11-18-12(19)20-13(2,3)4/h17H,5-11H2,1-4H3,(H,18,19). The summed E-state index contributed by atoms with van der Waals surface area (Å²) in [7, 11) is 0. The van der Waals surface area contributed by atoms with Crippen molar-refractivity contribution >= 4 is 6.09 Å². The van der Waals surface area contributed by atoms with E-state index < -0.39 is 30.7 Å². The van der Waals surface area contributed by atoms with Crippen LogP contribution in [0.3, 0.4) is 0 Å². The summed E-state index contributed by atoms with van der Waals surface area (Å²) in [4.78, 5) is 11.3. The molecule has 0 unspecified atom stereocenters. The van der Waals surface area contributed by atoms with Crippen LogP contribution in [0.1, 0.15) is 53.4 Å². The number of alkyl carbamates (subject to hydrolysis) is 1. The molecular weight excluding hydrogens is 266 g/mol. The van der Waals surface area contributed by atoms with Crippen molar-refractivity contribution in [1.82, 2.24) is 10.6 Å². The second kappa shape index (κ2) is 9.10. The summed E-state index contributed by atoms with van der Waals surface area (Å²) in [5, 5.41) is 4.80. The number of nitrogens with one attached hydrogen (secondary N) is 2. The lowest BCUT2D eigenvalue weighted by atomic mass is 10.2. The Balaban J connectivity index is 3.76. The summed E-state index contributed by atoms with van der Waals surface area (Å²) in [6, 6.07) is 0. The van der Waals surface area contributed by atoms with Crippen molar-refractivity contribution in [2.75, 3.05) is 19.6 Å². The molecule has 0 aliphatic heterocycles. The van der Waals surface area contributed by atoms with Gasteiger partial charge in [-0.05, 0) is 33.7 Å². The lowest BCUT2D eigenvalue weighted by Crippen LogP contribution is -2.44. The van der Waals surface area contributed by atoms with Gasteiger partial charge < -0.3 is 15.4 Å². The molecule has 1 amide bonds. The number of hydrogen-bond donors (Lipinski definition) is 2. The fraction of sp³-hybridized carbons (Fsp3) is 0.929. The van der Waals surface area contributed by atoms with Gasteiger partial charge in [0.25, 0.3) is 5.92 Å². The molecule has 0 aromatic rings. The third kappa shape index (κ3) is 12.1. The van der Waals surface area contributed by atoms with Crippen molar-refractivity contribution in [2.24, 2.45) is 0 Å². The van der Waals surface area contributed by atoms with Crippen LogP contribution in [0.2, 0.25) is 0 Å². The highest BCUT2D eigenvalue weighted by atomic mass is 19.3. The Labute approximate surface area is 120 Å². The minimum Gasteiger partial charge on any atom is -0.444 e. The van der Waals surface area contributed by atoms with E-state index in [1.54, 1.807) is 20.8 Å². The Hall–Kier alpha value is -0.910. The Morgan fingerprint density at radius 1 is 1.10 bits per heavy atom. The first-order valence-corrected chi connectivity index (χ1v) is 7.22. The molecule has 0 spiro atoms. The molecule has 0 aromatic heterocycles. The largest absolute Gasteiger partial charge is 0.444 e. The van der Waals surface area contributed by atoms with Crippen LogP contribution >= 0.6 is 0 Å². The summed E-state index contributed by atoms with van der Waals surface area (Å²) in [5.41, 5.74) is -0.684. The fourth-order valence-electron chi connectivity index (χ4n) is 1.53. The lowest BCUT2D eigenvalue weighted by molar-refractivity contribution is -0.00342. The van der Waals surface area contributed by atoms with E-state index in [0.717, 1.165) is 25.7 Å². The van der Waals surface area contributed by atoms with Crippen LogP contribution in [0.15, 0.2) is 0 Å². The quantitative estimate of drug-likeness (QED) is 0.641. The molecule has 0 atom stereocenters. The molecule has 0 heterocycles. The van der Waals surface area contributed by atoms with Gasteiger partial charge in [-0.2, -0.15) is 0 Å². The predicted molar refractivity (Wildman–Crippen MR) is 76.2 cm³/mol. The van der Waals surface area contributed by atoms with Crippen molar-refractivity contribution in [1.29, 1.82) is 0 Å². The molecule has 0 aliphatic carbocycles. The van der Waals surface area contributed by atoms with E-state index >= 15 is 0 Å². The molecule has 120 valence electrons. The van der Waals surface area contributed by atoms with Crippen molar-refractivity contribution in [2.45, 2.75) is 64.9 Å². The number of rotatable bonds is 9. The van der Waals surface area contributed by atoms with Crippen LogP contribution in [0.4, 0.5) is 13.6 Å². The second-order valence-electron chi connectivity index (χ2n) is 5.95. The van der Waals surface area contributed by atoms with Crippen molar-refractivity contribution in [3.63, 3.8) is 0 Å². The van der Waals surface area contributed by atoms with E-state index in [-0.39, 0.29) is 0 Å². The van der Waals surface area contributed by atoms with E-state index in [2.05, 4.69) is 17.6 Å². The minimum atomic E-state index is -2.97. The van der Waals surface area contributed by atoms with E-state index in [9.17, 15) is 13.6 Å². The number of amides is 1. The molecule has 0 bridgehead atoms. The van der Waals surface area contributed by atoms with Gasteiger partial charge in [-0.1, -0.05) is 26.2 Å². The highest BCUT2D eigenvalue weighted by Gasteiger charge is 2.29. The highest BCUT2D eigenvalue weighted by molar-refractivity contribution is 5.67. The minimum absolute atomic E-state index is 0.436. The number of ether oxygens (including phenoxy) is 1. The molecule has 6 heteroatoms. The molecule has 0 saturated carbocycles. The first-order chi connectivity index (χ1) is 9.16. The van der Waals surface area contributed by atoms with Gasteiger partial charge in [0.1, 0.15) is 5.60 Å². The van der Waals surface area contributed by atoms with E-state index in [4.69, 9.17) is 4.74 Å². The van der Waals surface area contributed by atoms with E-state index in [0.29, 0.717) is 6.54 Å². The third-order valence-electron chi connectivity index (χ3n) is 2.48. The van der Waals surface area contributed by atoms with Gasteiger partial charge in [0, 0.05) is 0 Å².